The molecule has 2 N–H and O–H groups in total. The highest BCUT2D eigenvalue weighted by atomic mass is 35.5. The molecule has 0 radical (unpaired) electrons. The average molecular weight is 468 g/mol. The van der Waals surface area contributed by atoms with Gasteiger partial charge in [-0.2, -0.15) is 26.3 Å². The van der Waals surface area contributed by atoms with Crippen LogP contribution in [0.15, 0.2) is 48.5 Å². The number of aliphatic hydroxyl groups excluding tert-OH is 1. The first kappa shape index (κ1) is 25.5. The van der Waals surface area contributed by atoms with Gasteiger partial charge >= 0.3 is 12.4 Å². The SMILES string of the molecule is Cl.OC(CCC1(c2ccccc2)CCNCC1)c1cc(C(F)(F)F)cc(C(F)(F)F)c1. The van der Waals surface area contributed by atoms with Crippen LogP contribution in [0.5, 0.6) is 0 Å². The van der Waals surface area contributed by atoms with Gasteiger partial charge in [0.05, 0.1) is 17.2 Å². The van der Waals surface area contributed by atoms with Crippen LogP contribution < -0.4 is 5.32 Å². The maximum Gasteiger partial charge on any atom is 0.416 e. The lowest BCUT2D eigenvalue weighted by atomic mass is 9.69. The molecule has 1 atom stereocenters. The van der Waals surface area contributed by atoms with E-state index in [9.17, 15) is 31.4 Å². The summed E-state index contributed by atoms with van der Waals surface area (Å²) in [6, 6.07) is 10.9. The van der Waals surface area contributed by atoms with E-state index in [0.717, 1.165) is 31.5 Å². The lowest BCUT2D eigenvalue weighted by molar-refractivity contribution is -0.143. The molecule has 172 valence electrons. The Balaban J connectivity index is 0.00000341. The van der Waals surface area contributed by atoms with Crippen molar-refractivity contribution in [3.8, 4) is 0 Å². The summed E-state index contributed by atoms with van der Waals surface area (Å²) >= 11 is 0. The van der Waals surface area contributed by atoms with Crippen LogP contribution in [0, 0.1) is 0 Å². The molecule has 1 unspecified atom stereocenters. The van der Waals surface area contributed by atoms with Crippen LogP contribution in [-0.4, -0.2) is 18.2 Å². The van der Waals surface area contributed by atoms with E-state index >= 15 is 0 Å². The van der Waals surface area contributed by atoms with Gasteiger partial charge in [0.15, 0.2) is 0 Å². The maximum atomic E-state index is 13.1. The molecule has 31 heavy (non-hydrogen) atoms. The van der Waals surface area contributed by atoms with Crippen molar-refractivity contribution in [2.45, 2.75) is 49.6 Å². The Morgan fingerprint density at radius 3 is 1.87 bits per heavy atom. The first-order valence-electron chi connectivity index (χ1n) is 9.75. The van der Waals surface area contributed by atoms with Crippen LogP contribution in [0.1, 0.15) is 54.0 Å². The number of hydrogen-bond acceptors (Lipinski definition) is 2. The summed E-state index contributed by atoms with van der Waals surface area (Å²) < 4.78 is 78.6. The Labute approximate surface area is 183 Å². The molecule has 2 aromatic rings. The lowest BCUT2D eigenvalue weighted by Crippen LogP contribution is -2.40. The highest BCUT2D eigenvalue weighted by molar-refractivity contribution is 5.85. The van der Waals surface area contributed by atoms with Crippen molar-refractivity contribution >= 4 is 12.4 Å². The third-order valence-electron chi connectivity index (χ3n) is 5.84. The van der Waals surface area contributed by atoms with Gasteiger partial charge in [-0.05, 0) is 73.5 Å². The summed E-state index contributed by atoms with van der Waals surface area (Å²) in [7, 11) is 0. The molecule has 0 aromatic heterocycles. The Morgan fingerprint density at radius 1 is 0.871 bits per heavy atom. The van der Waals surface area contributed by atoms with Crippen molar-refractivity contribution in [1.29, 1.82) is 0 Å². The van der Waals surface area contributed by atoms with Gasteiger partial charge in [-0.1, -0.05) is 30.3 Å². The standard InChI is InChI=1S/C22H23F6NO.ClH/c23-21(24,25)17-12-15(13-18(14-17)22(26,27)28)19(30)6-7-20(8-10-29-11-9-20)16-4-2-1-3-5-16;/h1-5,12-14,19,29-30H,6-11H2;1H. The second kappa shape index (κ2) is 9.79. The van der Waals surface area contributed by atoms with Crippen molar-refractivity contribution in [3.63, 3.8) is 0 Å². The van der Waals surface area contributed by atoms with E-state index in [1.165, 1.54) is 0 Å². The Morgan fingerprint density at radius 2 is 1.39 bits per heavy atom. The molecule has 1 aliphatic rings. The quantitative estimate of drug-likeness (QED) is 0.507. The highest BCUT2D eigenvalue weighted by Gasteiger charge is 2.38. The van der Waals surface area contributed by atoms with Crippen LogP contribution in [0.2, 0.25) is 0 Å². The van der Waals surface area contributed by atoms with Crippen molar-refractivity contribution in [2.24, 2.45) is 0 Å². The van der Waals surface area contributed by atoms with Gasteiger partial charge in [-0.3, -0.25) is 0 Å². The normalized spacial score (nSPS) is 17.6. The van der Waals surface area contributed by atoms with Crippen molar-refractivity contribution in [2.75, 3.05) is 13.1 Å². The predicted octanol–water partition coefficient (Wildman–Crippen LogP) is 6.28. The minimum atomic E-state index is -4.93. The van der Waals surface area contributed by atoms with Gasteiger partial charge in [-0.25, -0.2) is 0 Å². The molecule has 0 bridgehead atoms. The summed E-state index contributed by atoms with van der Waals surface area (Å²) in [4.78, 5) is 0. The fourth-order valence-electron chi connectivity index (χ4n) is 4.13. The maximum absolute atomic E-state index is 13.1. The Hall–Kier alpha value is -1.77. The first-order valence-corrected chi connectivity index (χ1v) is 9.75. The fraction of sp³-hybridized carbons (Fsp3) is 0.455. The van der Waals surface area contributed by atoms with Gasteiger partial charge in [0.1, 0.15) is 0 Å². The molecule has 9 heteroatoms. The van der Waals surface area contributed by atoms with E-state index in [4.69, 9.17) is 0 Å². The van der Waals surface area contributed by atoms with Crippen LogP contribution in [0.3, 0.4) is 0 Å². The minimum absolute atomic E-state index is 0. The van der Waals surface area contributed by atoms with E-state index in [0.29, 0.717) is 18.6 Å². The average Bonchev–Trinajstić information content (AvgIpc) is 2.72. The molecule has 1 fully saturated rings. The van der Waals surface area contributed by atoms with Crippen LogP contribution in [-0.2, 0) is 17.8 Å². The smallest absolute Gasteiger partial charge is 0.388 e. The highest BCUT2D eigenvalue weighted by Crippen LogP contribution is 2.41. The molecule has 2 aromatic carbocycles. The summed E-state index contributed by atoms with van der Waals surface area (Å²) in [6.07, 6.45) is -9.22. The van der Waals surface area contributed by atoms with Gasteiger partial charge in [0.2, 0.25) is 0 Å². The number of alkyl halides is 6. The number of halogens is 7. The van der Waals surface area contributed by atoms with Gasteiger partial charge in [-0.15, -0.1) is 12.4 Å². The molecule has 1 saturated heterocycles. The number of nitrogens with one attached hydrogen (secondary N) is 1. The molecule has 2 nitrogen and oxygen atoms in total. The number of hydrogen-bond donors (Lipinski definition) is 2. The summed E-state index contributed by atoms with van der Waals surface area (Å²) in [5.74, 6) is 0. The number of aliphatic hydroxyl groups is 1. The second-order valence-electron chi connectivity index (χ2n) is 7.79. The van der Waals surface area contributed by atoms with Gasteiger partial charge in [0, 0.05) is 0 Å². The van der Waals surface area contributed by atoms with E-state index < -0.39 is 29.6 Å². The largest absolute Gasteiger partial charge is 0.416 e. The Bertz CT molecular complexity index is 815. The summed E-state index contributed by atoms with van der Waals surface area (Å²) in [5.41, 5.74) is -2.40. The third kappa shape index (κ3) is 6.14. The summed E-state index contributed by atoms with van der Waals surface area (Å²) in [5, 5.41) is 13.8. The van der Waals surface area contributed by atoms with E-state index in [1.807, 2.05) is 30.3 Å². The molecular weight excluding hydrogens is 444 g/mol. The zero-order valence-corrected chi connectivity index (χ0v) is 17.4. The molecule has 0 aliphatic carbocycles. The number of benzene rings is 2. The molecule has 3 rings (SSSR count). The number of rotatable bonds is 5. The van der Waals surface area contributed by atoms with E-state index in [2.05, 4.69) is 5.32 Å². The zero-order chi connectivity index (χ0) is 22.0. The topological polar surface area (TPSA) is 32.3 Å². The second-order valence-corrected chi connectivity index (χ2v) is 7.79. The van der Waals surface area contributed by atoms with Crippen molar-refractivity contribution in [3.05, 3.63) is 70.8 Å². The molecule has 0 amide bonds. The van der Waals surface area contributed by atoms with E-state index in [1.54, 1.807) is 0 Å². The molecule has 0 saturated carbocycles. The molecule has 1 aliphatic heterocycles. The van der Waals surface area contributed by atoms with Crippen LogP contribution in [0.25, 0.3) is 0 Å². The molecule has 1 heterocycles. The van der Waals surface area contributed by atoms with Crippen LogP contribution in [0.4, 0.5) is 26.3 Å². The van der Waals surface area contributed by atoms with Gasteiger partial charge < -0.3 is 10.4 Å². The van der Waals surface area contributed by atoms with E-state index in [-0.39, 0.29) is 35.9 Å². The molecular formula is C22H24ClF6NO. The Kier molecular flexibility index (Phi) is 8.05. The van der Waals surface area contributed by atoms with Crippen molar-refractivity contribution < 1.29 is 31.4 Å². The van der Waals surface area contributed by atoms with Crippen molar-refractivity contribution in [1.82, 2.24) is 5.32 Å². The third-order valence-corrected chi connectivity index (χ3v) is 5.84. The molecule has 0 spiro atoms. The summed E-state index contributed by atoms with van der Waals surface area (Å²) in [6.45, 7) is 1.51. The minimum Gasteiger partial charge on any atom is -0.388 e. The zero-order valence-electron chi connectivity index (χ0n) is 16.6. The van der Waals surface area contributed by atoms with Crippen LogP contribution >= 0.6 is 12.4 Å². The monoisotopic (exact) mass is 467 g/mol. The first-order chi connectivity index (χ1) is 14.0. The predicted molar refractivity (Wildman–Crippen MR) is 108 cm³/mol. The van der Waals surface area contributed by atoms with Gasteiger partial charge in [0.25, 0.3) is 0 Å². The lowest BCUT2D eigenvalue weighted by Gasteiger charge is -2.39. The fourth-order valence-corrected chi connectivity index (χ4v) is 4.13. The number of piperidine rings is 1.